The molecule has 1 saturated heterocycles. The van der Waals surface area contributed by atoms with Crippen molar-refractivity contribution in [2.45, 2.75) is 38.6 Å². The average Bonchev–Trinajstić information content (AvgIpc) is 3.12. The molecular weight excluding hydrogens is 310 g/mol. The lowest BCUT2D eigenvalue weighted by molar-refractivity contribution is -0.130. The topological polar surface area (TPSA) is 80.0 Å². The quantitative estimate of drug-likeness (QED) is 0.827. The van der Waals surface area contributed by atoms with Gasteiger partial charge in [-0.15, -0.1) is 0 Å². The van der Waals surface area contributed by atoms with Gasteiger partial charge in [0.15, 0.2) is 0 Å². The number of ether oxygens (including phenoxy) is 1. The highest BCUT2D eigenvalue weighted by atomic mass is 16.5. The van der Waals surface area contributed by atoms with Gasteiger partial charge in [0.2, 0.25) is 11.8 Å². The Morgan fingerprint density at radius 1 is 1.29 bits per heavy atom. The first-order valence-corrected chi connectivity index (χ1v) is 8.16. The maximum atomic E-state index is 12.9. The summed E-state index contributed by atoms with van der Waals surface area (Å²) in [4.78, 5) is 26.4. The molecule has 130 valence electrons. The second kappa shape index (κ2) is 6.26. The number of nitrogens with zero attached hydrogens (tertiary/aromatic N) is 5. The molecule has 0 saturated carbocycles. The molecule has 2 aliphatic heterocycles. The monoisotopic (exact) mass is 333 g/mol. The van der Waals surface area contributed by atoms with Crippen LogP contribution in [0.4, 0.5) is 0 Å². The summed E-state index contributed by atoms with van der Waals surface area (Å²) in [6.45, 7) is 2.61. The zero-order chi connectivity index (χ0) is 17.4. The van der Waals surface area contributed by atoms with Crippen molar-refractivity contribution in [3.8, 4) is 5.88 Å². The van der Waals surface area contributed by atoms with E-state index in [0.29, 0.717) is 31.0 Å². The van der Waals surface area contributed by atoms with Gasteiger partial charge >= 0.3 is 0 Å². The van der Waals surface area contributed by atoms with E-state index >= 15 is 0 Å². The van der Waals surface area contributed by atoms with E-state index in [4.69, 9.17) is 4.74 Å². The molecule has 0 aliphatic carbocycles. The molecule has 0 radical (unpaired) electrons. The predicted octanol–water partition coefficient (Wildman–Crippen LogP) is 1.01. The summed E-state index contributed by atoms with van der Waals surface area (Å²) in [6, 6.07) is -0.0632. The van der Waals surface area contributed by atoms with Crippen molar-refractivity contribution in [1.29, 1.82) is 0 Å². The highest BCUT2D eigenvalue weighted by molar-refractivity contribution is 6.39. The SMILES string of the molecule is COc1c([C@@H]2CCCN2C(=O)C2=NN(C)C(=O)CC2)c(C)nn1C. The molecule has 2 aliphatic rings. The summed E-state index contributed by atoms with van der Waals surface area (Å²) in [6.07, 6.45) is 2.52. The largest absolute Gasteiger partial charge is 0.481 e. The van der Waals surface area contributed by atoms with Crippen LogP contribution in [0.5, 0.6) is 5.88 Å². The molecule has 1 aromatic rings. The molecule has 1 atom stereocenters. The number of carbonyl (C=O) groups is 2. The van der Waals surface area contributed by atoms with Gasteiger partial charge in [-0.2, -0.15) is 10.2 Å². The van der Waals surface area contributed by atoms with Gasteiger partial charge in [0.1, 0.15) is 5.71 Å². The second-order valence-electron chi connectivity index (χ2n) is 6.25. The number of aryl methyl sites for hydroxylation is 2. The van der Waals surface area contributed by atoms with Crippen LogP contribution in [-0.4, -0.2) is 57.9 Å². The highest BCUT2D eigenvalue weighted by Crippen LogP contribution is 2.39. The normalized spacial score (nSPS) is 21.2. The van der Waals surface area contributed by atoms with Gasteiger partial charge < -0.3 is 9.64 Å². The molecule has 2 amide bonds. The number of rotatable bonds is 3. The van der Waals surface area contributed by atoms with Crippen LogP contribution in [-0.2, 0) is 16.6 Å². The predicted molar refractivity (Wildman–Crippen MR) is 87.6 cm³/mol. The maximum absolute atomic E-state index is 12.9. The molecule has 0 N–H and O–H groups in total. The zero-order valence-corrected chi connectivity index (χ0v) is 14.6. The Kier molecular flexibility index (Phi) is 4.29. The Morgan fingerprint density at radius 2 is 2.04 bits per heavy atom. The minimum Gasteiger partial charge on any atom is -0.481 e. The van der Waals surface area contributed by atoms with E-state index in [1.165, 1.54) is 5.01 Å². The van der Waals surface area contributed by atoms with E-state index in [1.807, 2.05) is 18.9 Å². The van der Waals surface area contributed by atoms with Crippen LogP contribution in [0.3, 0.4) is 0 Å². The molecule has 8 nitrogen and oxygen atoms in total. The second-order valence-corrected chi connectivity index (χ2v) is 6.25. The summed E-state index contributed by atoms with van der Waals surface area (Å²) in [5, 5.41) is 9.85. The molecule has 3 heterocycles. The van der Waals surface area contributed by atoms with E-state index < -0.39 is 0 Å². The fourth-order valence-electron chi connectivity index (χ4n) is 3.58. The summed E-state index contributed by atoms with van der Waals surface area (Å²) in [5.41, 5.74) is 2.29. The van der Waals surface area contributed by atoms with E-state index in [2.05, 4.69) is 10.2 Å². The van der Waals surface area contributed by atoms with Gasteiger partial charge in [-0.3, -0.25) is 9.59 Å². The van der Waals surface area contributed by atoms with Crippen LogP contribution < -0.4 is 4.74 Å². The van der Waals surface area contributed by atoms with Gasteiger partial charge in [-0.1, -0.05) is 0 Å². The Labute approximate surface area is 141 Å². The Balaban J connectivity index is 1.90. The van der Waals surface area contributed by atoms with Crippen LogP contribution in [0, 0.1) is 6.92 Å². The van der Waals surface area contributed by atoms with Crippen molar-refractivity contribution in [3.63, 3.8) is 0 Å². The third kappa shape index (κ3) is 2.65. The van der Waals surface area contributed by atoms with Crippen molar-refractivity contribution in [1.82, 2.24) is 19.7 Å². The smallest absolute Gasteiger partial charge is 0.270 e. The van der Waals surface area contributed by atoms with Crippen LogP contribution in [0.25, 0.3) is 0 Å². The molecule has 24 heavy (non-hydrogen) atoms. The molecule has 0 spiro atoms. The third-order valence-electron chi connectivity index (χ3n) is 4.71. The molecule has 8 heteroatoms. The van der Waals surface area contributed by atoms with Gasteiger partial charge in [0.05, 0.1) is 24.4 Å². The van der Waals surface area contributed by atoms with Crippen molar-refractivity contribution in [2.75, 3.05) is 20.7 Å². The van der Waals surface area contributed by atoms with Crippen molar-refractivity contribution in [2.24, 2.45) is 12.1 Å². The van der Waals surface area contributed by atoms with Crippen LogP contribution in [0.2, 0.25) is 0 Å². The van der Waals surface area contributed by atoms with Crippen molar-refractivity contribution < 1.29 is 14.3 Å². The minimum absolute atomic E-state index is 0.0608. The number of methoxy groups -OCH3 is 1. The Hall–Kier alpha value is -2.38. The standard InChI is InChI=1S/C16H23N5O3/c1-10-14(16(24-4)20(3)17-10)12-6-5-9-21(12)15(23)11-7-8-13(22)19(2)18-11/h12H,5-9H2,1-4H3/t12-/m0/s1. The number of hydrogen-bond donors (Lipinski definition) is 0. The molecular formula is C16H23N5O3. The lowest BCUT2D eigenvalue weighted by Crippen LogP contribution is -2.40. The van der Waals surface area contributed by atoms with Crippen LogP contribution >= 0.6 is 0 Å². The van der Waals surface area contributed by atoms with E-state index in [0.717, 1.165) is 24.1 Å². The van der Waals surface area contributed by atoms with E-state index in [1.54, 1.807) is 18.8 Å². The number of likely N-dealkylation sites (tertiary alicyclic amines) is 1. The minimum atomic E-state index is -0.0952. The lowest BCUT2D eigenvalue weighted by atomic mass is 10.0. The Morgan fingerprint density at radius 3 is 2.71 bits per heavy atom. The first kappa shape index (κ1) is 16.5. The fourth-order valence-corrected chi connectivity index (χ4v) is 3.58. The van der Waals surface area contributed by atoms with E-state index in [9.17, 15) is 9.59 Å². The number of aromatic nitrogens is 2. The number of hydrogen-bond acceptors (Lipinski definition) is 5. The highest BCUT2D eigenvalue weighted by Gasteiger charge is 2.37. The molecule has 0 unspecified atom stereocenters. The molecule has 0 aromatic carbocycles. The van der Waals surface area contributed by atoms with Gasteiger partial charge in [-0.25, -0.2) is 9.69 Å². The summed E-state index contributed by atoms with van der Waals surface area (Å²) < 4.78 is 7.20. The molecule has 3 rings (SSSR count). The summed E-state index contributed by atoms with van der Waals surface area (Å²) in [7, 11) is 5.04. The summed E-state index contributed by atoms with van der Waals surface area (Å²) in [5.74, 6) is 0.534. The van der Waals surface area contributed by atoms with Gasteiger partial charge in [0.25, 0.3) is 5.91 Å². The molecule has 1 fully saturated rings. The molecule has 1 aromatic heterocycles. The average molecular weight is 333 g/mol. The van der Waals surface area contributed by atoms with Crippen molar-refractivity contribution in [3.05, 3.63) is 11.3 Å². The number of carbonyl (C=O) groups excluding carboxylic acids is 2. The zero-order valence-electron chi connectivity index (χ0n) is 14.6. The Bertz CT molecular complexity index is 709. The number of amides is 2. The van der Waals surface area contributed by atoms with Crippen LogP contribution in [0.1, 0.15) is 43.0 Å². The van der Waals surface area contributed by atoms with Crippen molar-refractivity contribution >= 4 is 17.5 Å². The van der Waals surface area contributed by atoms with Gasteiger partial charge in [-0.05, 0) is 19.8 Å². The third-order valence-corrected chi connectivity index (χ3v) is 4.71. The van der Waals surface area contributed by atoms with E-state index in [-0.39, 0.29) is 17.9 Å². The fraction of sp³-hybridized carbons (Fsp3) is 0.625. The first-order chi connectivity index (χ1) is 11.4. The maximum Gasteiger partial charge on any atom is 0.270 e. The van der Waals surface area contributed by atoms with Crippen LogP contribution in [0.15, 0.2) is 5.10 Å². The van der Waals surface area contributed by atoms with Gasteiger partial charge in [0, 0.05) is 33.5 Å². The number of hydrazone groups is 1. The first-order valence-electron chi connectivity index (χ1n) is 8.16. The molecule has 0 bridgehead atoms. The summed E-state index contributed by atoms with van der Waals surface area (Å²) >= 11 is 0. The lowest BCUT2D eigenvalue weighted by Gasteiger charge is -2.27.